The second kappa shape index (κ2) is 6.07. The molecular weight excluding hydrogens is 306 g/mol. The van der Waals surface area contributed by atoms with Crippen molar-refractivity contribution in [2.45, 2.75) is 6.42 Å². The van der Waals surface area contributed by atoms with Crippen molar-refractivity contribution in [3.63, 3.8) is 0 Å². The number of hydrogen-bond donors (Lipinski definition) is 0. The minimum Gasteiger partial charge on any atom is -1.00 e. The van der Waals surface area contributed by atoms with Gasteiger partial charge in [-0.05, 0) is 23.8 Å². The minimum absolute atomic E-state index is 0. The first-order chi connectivity index (χ1) is 6.31. The molecule has 0 spiro atoms. The number of methoxy groups -OCH3 is 1. The van der Waals surface area contributed by atoms with Gasteiger partial charge in [0, 0.05) is 32.4 Å². The molecule has 0 aliphatic heterocycles. The van der Waals surface area contributed by atoms with E-state index in [1.54, 1.807) is 7.11 Å². The SMILES string of the molecule is COc1ccc(C2=[C]CC2=O)cc1.[Cl-].[Pd]. The third kappa shape index (κ3) is 2.92. The molecule has 0 aromatic heterocycles. The summed E-state index contributed by atoms with van der Waals surface area (Å²) in [5.41, 5.74) is 1.64. The number of carbonyl (C=O) groups excluding carboxylic acids is 1. The molecule has 1 aliphatic carbocycles. The zero-order valence-electron chi connectivity index (χ0n) is 8.03. The van der Waals surface area contributed by atoms with Gasteiger partial charge in [0.2, 0.25) is 0 Å². The number of ether oxygens (including phenoxy) is 1. The molecule has 2 nitrogen and oxygen atoms in total. The predicted molar refractivity (Wildman–Crippen MR) is 49.3 cm³/mol. The van der Waals surface area contributed by atoms with E-state index in [2.05, 4.69) is 6.08 Å². The van der Waals surface area contributed by atoms with Crippen molar-refractivity contribution in [2.75, 3.05) is 7.11 Å². The summed E-state index contributed by atoms with van der Waals surface area (Å²) < 4.78 is 5.01. The second-order valence-corrected chi connectivity index (χ2v) is 2.88. The molecule has 2 rings (SSSR count). The molecule has 0 N–H and O–H groups in total. The fraction of sp³-hybridized carbons (Fsp3) is 0.182. The number of Topliss-reactive ketones (excluding diaryl/α,β-unsaturated/α-hetero) is 1. The molecule has 0 saturated carbocycles. The largest absolute Gasteiger partial charge is 1.00 e. The van der Waals surface area contributed by atoms with Crippen molar-refractivity contribution < 1.29 is 42.4 Å². The van der Waals surface area contributed by atoms with Gasteiger partial charge in [-0.1, -0.05) is 12.1 Å². The van der Waals surface area contributed by atoms with E-state index in [-0.39, 0.29) is 38.6 Å². The Bertz CT molecular complexity index is 371. The van der Waals surface area contributed by atoms with Crippen molar-refractivity contribution in [2.24, 2.45) is 0 Å². The second-order valence-electron chi connectivity index (χ2n) is 2.88. The average molecular weight is 315 g/mol. The van der Waals surface area contributed by atoms with Crippen LogP contribution in [0.5, 0.6) is 5.75 Å². The van der Waals surface area contributed by atoms with Gasteiger partial charge in [0.05, 0.1) is 7.11 Å². The number of carbonyl (C=O) groups is 1. The van der Waals surface area contributed by atoms with Gasteiger partial charge in [0.1, 0.15) is 5.75 Å². The number of halogens is 1. The molecule has 0 bridgehead atoms. The molecule has 0 saturated heterocycles. The van der Waals surface area contributed by atoms with Crippen LogP contribution in [0.1, 0.15) is 12.0 Å². The smallest absolute Gasteiger partial charge is 0.168 e. The van der Waals surface area contributed by atoms with Crippen LogP contribution in [0.25, 0.3) is 5.57 Å². The summed E-state index contributed by atoms with van der Waals surface area (Å²) in [5, 5.41) is 0. The third-order valence-corrected chi connectivity index (χ3v) is 2.08. The molecular formula is C11H9ClO2Pd-. The van der Waals surface area contributed by atoms with Crippen LogP contribution in [0.4, 0.5) is 0 Å². The van der Waals surface area contributed by atoms with Crippen LogP contribution in [0.15, 0.2) is 24.3 Å². The fourth-order valence-corrected chi connectivity index (χ4v) is 1.27. The maximum Gasteiger partial charge on any atom is 0.168 e. The van der Waals surface area contributed by atoms with Gasteiger partial charge in [-0.2, -0.15) is 0 Å². The number of rotatable bonds is 2. The zero-order chi connectivity index (χ0) is 9.26. The van der Waals surface area contributed by atoms with Crippen LogP contribution in [-0.4, -0.2) is 12.9 Å². The van der Waals surface area contributed by atoms with Gasteiger partial charge in [0.25, 0.3) is 0 Å². The summed E-state index contributed by atoms with van der Waals surface area (Å²) in [6, 6.07) is 7.43. The third-order valence-electron chi connectivity index (χ3n) is 2.08. The van der Waals surface area contributed by atoms with E-state index in [9.17, 15) is 4.79 Å². The van der Waals surface area contributed by atoms with Gasteiger partial charge in [-0.25, -0.2) is 0 Å². The molecule has 0 unspecified atom stereocenters. The van der Waals surface area contributed by atoms with Gasteiger partial charge >= 0.3 is 0 Å². The number of allylic oxidation sites excluding steroid dienone is 2. The number of benzene rings is 1. The Hall–Kier alpha value is -0.618. The molecule has 4 heteroatoms. The van der Waals surface area contributed by atoms with Crippen molar-refractivity contribution in [1.29, 1.82) is 0 Å². The summed E-state index contributed by atoms with van der Waals surface area (Å²) in [5.74, 6) is 0.973. The summed E-state index contributed by atoms with van der Waals surface area (Å²) in [6.45, 7) is 0. The summed E-state index contributed by atoms with van der Waals surface area (Å²) in [4.78, 5) is 11.1. The summed E-state index contributed by atoms with van der Waals surface area (Å²) in [6.07, 6.45) is 3.44. The predicted octanol–water partition coefficient (Wildman–Crippen LogP) is -1.14. The van der Waals surface area contributed by atoms with Crippen LogP contribution >= 0.6 is 0 Å². The maximum atomic E-state index is 11.1. The summed E-state index contributed by atoms with van der Waals surface area (Å²) >= 11 is 0. The standard InChI is InChI=1S/C11H9O2.ClH.Pd/c1-13-9-4-2-8(3-5-9)10-6-7-11(10)12;;/h2-5H,7H2,1H3;1H;/p-1. The van der Waals surface area contributed by atoms with Gasteiger partial charge in [0.15, 0.2) is 5.78 Å². The van der Waals surface area contributed by atoms with Gasteiger partial charge in [-0.15, -0.1) is 0 Å². The first-order valence-electron chi connectivity index (χ1n) is 4.09. The Morgan fingerprint density at radius 2 is 1.87 bits per heavy atom. The van der Waals surface area contributed by atoms with E-state index in [1.165, 1.54) is 0 Å². The van der Waals surface area contributed by atoms with Crippen molar-refractivity contribution in [3.8, 4) is 5.75 Å². The van der Waals surface area contributed by atoms with E-state index in [4.69, 9.17) is 4.74 Å². The van der Waals surface area contributed by atoms with E-state index in [1.807, 2.05) is 24.3 Å². The maximum absolute atomic E-state index is 11.1. The topological polar surface area (TPSA) is 26.3 Å². The van der Waals surface area contributed by atoms with E-state index in [0.29, 0.717) is 12.0 Å². The van der Waals surface area contributed by atoms with E-state index in [0.717, 1.165) is 11.3 Å². The summed E-state index contributed by atoms with van der Waals surface area (Å²) in [7, 11) is 1.62. The number of ketones is 1. The van der Waals surface area contributed by atoms with Crippen LogP contribution < -0.4 is 17.1 Å². The molecule has 1 radical (unpaired) electrons. The Morgan fingerprint density at radius 3 is 2.20 bits per heavy atom. The van der Waals surface area contributed by atoms with Crippen LogP contribution in [0, 0.1) is 6.08 Å². The Balaban J connectivity index is 0.000000980. The normalized spacial score (nSPS) is 12.9. The van der Waals surface area contributed by atoms with E-state index < -0.39 is 0 Å². The number of hydrogen-bond acceptors (Lipinski definition) is 2. The van der Waals surface area contributed by atoms with Gasteiger partial charge in [-0.3, -0.25) is 4.79 Å². The first-order valence-corrected chi connectivity index (χ1v) is 4.09. The monoisotopic (exact) mass is 314 g/mol. The van der Waals surface area contributed by atoms with Crippen molar-refractivity contribution >= 4 is 11.4 Å². The Morgan fingerprint density at radius 1 is 1.27 bits per heavy atom. The van der Waals surface area contributed by atoms with Crippen LogP contribution in [-0.2, 0) is 25.2 Å². The molecule has 1 aliphatic rings. The molecule has 83 valence electrons. The van der Waals surface area contributed by atoms with Crippen molar-refractivity contribution in [3.05, 3.63) is 35.9 Å². The molecule has 15 heavy (non-hydrogen) atoms. The fourth-order valence-electron chi connectivity index (χ4n) is 1.27. The average Bonchev–Trinajstić information content (AvgIpc) is 2.17. The molecule has 0 fully saturated rings. The zero-order valence-corrected chi connectivity index (χ0v) is 10.3. The molecule has 0 atom stereocenters. The van der Waals surface area contributed by atoms with Crippen LogP contribution in [0.2, 0.25) is 0 Å². The van der Waals surface area contributed by atoms with Gasteiger partial charge < -0.3 is 17.1 Å². The molecule has 0 heterocycles. The Kier molecular flexibility index (Phi) is 5.82. The Labute approximate surface area is 109 Å². The van der Waals surface area contributed by atoms with Crippen molar-refractivity contribution in [1.82, 2.24) is 0 Å². The first kappa shape index (κ1) is 14.4. The quantitative estimate of drug-likeness (QED) is 0.645. The van der Waals surface area contributed by atoms with E-state index >= 15 is 0 Å². The minimum atomic E-state index is 0. The molecule has 1 aromatic carbocycles. The molecule has 1 aromatic rings. The molecule has 0 amide bonds. The van der Waals surface area contributed by atoms with Crippen LogP contribution in [0.3, 0.4) is 0 Å².